The molecule has 0 heterocycles. The molecule has 1 aromatic rings. The van der Waals surface area contributed by atoms with Crippen molar-refractivity contribution in [1.29, 1.82) is 0 Å². The lowest BCUT2D eigenvalue weighted by Crippen LogP contribution is -1.98. The zero-order valence-corrected chi connectivity index (χ0v) is 10.0. The number of alkyl halides is 1. The van der Waals surface area contributed by atoms with Gasteiger partial charge in [0.25, 0.3) is 0 Å². The Morgan fingerprint density at radius 1 is 1.07 bits per heavy atom. The third-order valence-electron chi connectivity index (χ3n) is 4.00. The van der Waals surface area contributed by atoms with Crippen molar-refractivity contribution in [2.24, 2.45) is 17.8 Å². The quantitative estimate of drug-likeness (QED) is 0.660. The number of rotatable bonds is 2. The van der Waals surface area contributed by atoms with Crippen LogP contribution in [0, 0.1) is 17.8 Å². The predicted octanol–water partition coefficient (Wildman–Crippen LogP) is 4.67. The van der Waals surface area contributed by atoms with Crippen molar-refractivity contribution in [2.75, 3.05) is 0 Å². The van der Waals surface area contributed by atoms with Crippen molar-refractivity contribution in [1.82, 2.24) is 0 Å². The zero-order chi connectivity index (χ0) is 10.4. The monoisotopic (exact) mass is 240 g/mol. The molecule has 0 N–H and O–H groups in total. The standard InChI is InChI=1S/C13H14Cl2/c14-9-6-4-8(5-7-9)13(15)12-10-2-1-3-11(10)12/h4-7,10-13H,1-3H2. The Hall–Kier alpha value is -0.200. The van der Waals surface area contributed by atoms with Gasteiger partial charge in [-0.15, -0.1) is 11.6 Å². The van der Waals surface area contributed by atoms with Crippen LogP contribution >= 0.6 is 23.2 Å². The molecule has 15 heavy (non-hydrogen) atoms. The summed E-state index contributed by atoms with van der Waals surface area (Å²) in [7, 11) is 0. The number of benzene rings is 1. The third-order valence-corrected chi connectivity index (χ3v) is 4.79. The molecule has 2 fully saturated rings. The first kappa shape index (κ1) is 9.99. The second-order valence-electron chi connectivity index (χ2n) is 4.79. The summed E-state index contributed by atoms with van der Waals surface area (Å²) in [5, 5.41) is 0.996. The molecule has 2 aliphatic carbocycles. The molecule has 0 spiro atoms. The van der Waals surface area contributed by atoms with Crippen LogP contribution in [0.2, 0.25) is 5.02 Å². The summed E-state index contributed by atoms with van der Waals surface area (Å²) in [4.78, 5) is 0. The third kappa shape index (κ3) is 1.68. The highest BCUT2D eigenvalue weighted by molar-refractivity contribution is 6.30. The molecule has 2 aliphatic rings. The van der Waals surface area contributed by atoms with Gasteiger partial charge >= 0.3 is 0 Å². The smallest absolute Gasteiger partial charge is 0.0618 e. The minimum Gasteiger partial charge on any atom is -0.117 e. The van der Waals surface area contributed by atoms with E-state index in [0.29, 0.717) is 0 Å². The Morgan fingerprint density at radius 2 is 1.67 bits per heavy atom. The van der Waals surface area contributed by atoms with E-state index in [1.54, 1.807) is 0 Å². The van der Waals surface area contributed by atoms with Crippen LogP contribution in [0.15, 0.2) is 24.3 Å². The van der Waals surface area contributed by atoms with E-state index < -0.39 is 0 Å². The second-order valence-corrected chi connectivity index (χ2v) is 5.70. The maximum absolute atomic E-state index is 6.52. The Morgan fingerprint density at radius 3 is 2.27 bits per heavy atom. The van der Waals surface area contributed by atoms with Crippen molar-refractivity contribution in [3.8, 4) is 0 Å². The molecular formula is C13H14Cl2. The Labute approximate surface area is 101 Å². The maximum Gasteiger partial charge on any atom is 0.0618 e. The molecule has 0 nitrogen and oxygen atoms in total. The lowest BCUT2D eigenvalue weighted by molar-refractivity contribution is 0.574. The Bertz CT molecular complexity index is 347. The summed E-state index contributed by atoms with van der Waals surface area (Å²) in [5.41, 5.74) is 1.24. The summed E-state index contributed by atoms with van der Waals surface area (Å²) in [6, 6.07) is 8.00. The van der Waals surface area contributed by atoms with Crippen LogP contribution in [0.4, 0.5) is 0 Å². The van der Waals surface area contributed by atoms with Gasteiger partial charge in [-0.3, -0.25) is 0 Å². The summed E-state index contributed by atoms with van der Waals surface area (Å²) in [6.45, 7) is 0. The van der Waals surface area contributed by atoms with Gasteiger partial charge in [-0.25, -0.2) is 0 Å². The van der Waals surface area contributed by atoms with Gasteiger partial charge < -0.3 is 0 Å². The topological polar surface area (TPSA) is 0 Å². The molecule has 3 rings (SSSR count). The van der Waals surface area contributed by atoms with Crippen LogP contribution in [-0.4, -0.2) is 0 Å². The second kappa shape index (κ2) is 3.68. The fourth-order valence-corrected chi connectivity index (χ4v) is 3.83. The molecule has 0 aromatic heterocycles. The van der Waals surface area contributed by atoms with Crippen LogP contribution in [0.3, 0.4) is 0 Å². The fourth-order valence-electron chi connectivity index (χ4n) is 3.18. The van der Waals surface area contributed by atoms with Gasteiger partial charge in [0, 0.05) is 5.02 Å². The highest BCUT2D eigenvalue weighted by Gasteiger charge is 2.55. The molecule has 80 valence electrons. The number of fused-ring (bicyclic) bond motifs is 1. The fraction of sp³-hybridized carbons (Fsp3) is 0.538. The van der Waals surface area contributed by atoms with Crippen molar-refractivity contribution in [3.05, 3.63) is 34.9 Å². The van der Waals surface area contributed by atoms with E-state index in [9.17, 15) is 0 Å². The van der Waals surface area contributed by atoms with E-state index in [1.165, 1.54) is 24.8 Å². The predicted molar refractivity (Wildman–Crippen MR) is 64.4 cm³/mol. The van der Waals surface area contributed by atoms with Crippen LogP contribution in [0.25, 0.3) is 0 Å². The minimum absolute atomic E-state index is 0.206. The summed E-state index contributed by atoms with van der Waals surface area (Å²) in [6.07, 6.45) is 4.20. The molecule has 0 radical (unpaired) electrons. The highest BCUT2D eigenvalue weighted by atomic mass is 35.5. The first-order chi connectivity index (χ1) is 7.27. The SMILES string of the molecule is Clc1ccc(C(Cl)C2C3CCCC32)cc1. The highest BCUT2D eigenvalue weighted by Crippen LogP contribution is 2.63. The van der Waals surface area contributed by atoms with Gasteiger partial charge in [0.05, 0.1) is 5.38 Å². The van der Waals surface area contributed by atoms with Crippen molar-refractivity contribution >= 4 is 23.2 Å². The number of hydrogen-bond acceptors (Lipinski definition) is 0. The van der Waals surface area contributed by atoms with Gasteiger partial charge in [-0.05, 0) is 48.3 Å². The zero-order valence-electron chi connectivity index (χ0n) is 8.50. The summed E-state index contributed by atoms with van der Waals surface area (Å²) in [5.74, 6) is 2.58. The van der Waals surface area contributed by atoms with Crippen LogP contribution < -0.4 is 0 Å². The van der Waals surface area contributed by atoms with Gasteiger partial charge in [-0.1, -0.05) is 30.2 Å². The molecule has 0 bridgehead atoms. The van der Waals surface area contributed by atoms with E-state index >= 15 is 0 Å². The Balaban J connectivity index is 1.75. The molecular weight excluding hydrogens is 227 g/mol. The van der Waals surface area contributed by atoms with Gasteiger partial charge in [-0.2, -0.15) is 0 Å². The summed E-state index contributed by atoms with van der Waals surface area (Å²) >= 11 is 12.4. The molecule has 2 saturated carbocycles. The van der Waals surface area contributed by atoms with Crippen LogP contribution in [0.1, 0.15) is 30.2 Å². The van der Waals surface area contributed by atoms with Crippen molar-refractivity contribution in [3.63, 3.8) is 0 Å². The molecule has 3 atom stereocenters. The molecule has 1 aromatic carbocycles. The number of hydrogen-bond donors (Lipinski definition) is 0. The van der Waals surface area contributed by atoms with E-state index in [-0.39, 0.29) is 5.38 Å². The minimum atomic E-state index is 0.206. The summed E-state index contributed by atoms with van der Waals surface area (Å²) < 4.78 is 0. The van der Waals surface area contributed by atoms with Gasteiger partial charge in [0.1, 0.15) is 0 Å². The first-order valence-electron chi connectivity index (χ1n) is 5.67. The average molecular weight is 241 g/mol. The molecule has 2 heteroatoms. The van der Waals surface area contributed by atoms with Gasteiger partial charge in [0.2, 0.25) is 0 Å². The van der Waals surface area contributed by atoms with Crippen LogP contribution in [-0.2, 0) is 0 Å². The molecule has 0 saturated heterocycles. The number of halogens is 2. The largest absolute Gasteiger partial charge is 0.117 e. The normalized spacial score (nSPS) is 34.9. The van der Waals surface area contributed by atoms with E-state index in [0.717, 1.165) is 22.8 Å². The lowest BCUT2D eigenvalue weighted by Gasteiger charge is -2.11. The van der Waals surface area contributed by atoms with Crippen molar-refractivity contribution < 1.29 is 0 Å². The molecule has 3 unspecified atom stereocenters. The van der Waals surface area contributed by atoms with Gasteiger partial charge in [0.15, 0.2) is 0 Å². The average Bonchev–Trinajstić information content (AvgIpc) is 2.72. The van der Waals surface area contributed by atoms with E-state index in [1.807, 2.05) is 12.1 Å². The van der Waals surface area contributed by atoms with Crippen LogP contribution in [0.5, 0.6) is 0 Å². The molecule has 0 amide bonds. The molecule has 0 aliphatic heterocycles. The maximum atomic E-state index is 6.52. The lowest BCUT2D eigenvalue weighted by atomic mass is 10.0. The van der Waals surface area contributed by atoms with Crippen molar-refractivity contribution in [2.45, 2.75) is 24.6 Å². The van der Waals surface area contributed by atoms with E-state index in [2.05, 4.69) is 12.1 Å². The Kier molecular flexibility index (Phi) is 2.45. The van der Waals surface area contributed by atoms with E-state index in [4.69, 9.17) is 23.2 Å². The first-order valence-corrected chi connectivity index (χ1v) is 6.48.